The van der Waals surface area contributed by atoms with Crippen LogP contribution in [0, 0.1) is 0 Å². The van der Waals surface area contributed by atoms with Crippen LogP contribution < -0.4 is 0 Å². The highest BCUT2D eigenvalue weighted by molar-refractivity contribution is 5.74. The van der Waals surface area contributed by atoms with Crippen molar-refractivity contribution in [2.24, 2.45) is 0 Å². The fraction of sp³-hybridized carbons (Fsp3) is 0.250. The Labute approximate surface area is 127 Å². The van der Waals surface area contributed by atoms with Crippen LogP contribution in [0.4, 0.5) is 0 Å². The first-order valence-electron chi connectivity index (χ1n) is 7.02. The molecule has 1 unspecified atom stereocenters. The molecule has 0 saturated heterocycles. The van der Waals surface area contributed by atoms with Crippen molar-refractivity contribution in [1.29, 1.82) is 0 Å². The predicted octanol–water partition coefficient (Wildman–Crippen LogP) is 2.50. The minimum atomic E-state index is -0.455. The summed E-state index contributed by atoms with van der Waals surface area (Å²) < 4.78 is 7.15. The zero-order valence-electron chi connectivity index (χ0n) is 12.4. The van der Waals surface area contributed by atoms with Crippen LogP contribution in [0.1, 0.15) is 31.2 Å². The standard InChI is InChI=1S/C16H16N4O2/c1-11(22-12(2)21)14-15-16(18-9-17-14)20(10-19-15)8-13-6-4-3-5-7-13/h3-7,9-11H,8H2,1-2H3. The lowest BCUT2D eigenvalue weighted by atomic mass is 10.2. The fourth-order valence-corrected chi connectivity index (χ4v) is 2.40. The summed E-state index contributed by atoms with van der Waals surface area (Å²) in [7, 11) is 0. The second kappa shape index (κ2) is 5.93. The van der Waals surface area contributed by atoms with E-state index in [2.05, 4.69) is 27.1 Å². The van der Waals surface area contributed by atoms with Crippen LogP contribution in [0.25, 0.3) is 11.2 Å². The zero-order valence-corrected chi connectivity index (χ0v) is 12.4. The average molecular weight is 296 g/mol. The summed E-state index contributed by atoms with van der Waals surface area (Å²) in [5, 5.41) is 0. The minimum Gasteiger partial charge on any atom is -0.456 e. The summed E-state index contributed by atoms with van der Waals surface area (Å²) in [4.78, 5) is 24.0. The number of imidazole rings is 1. The molecule has 3 aromatic rings. The molecule has 0 spiro atoms. The zero-order chi connectivity index (χ0) is 15.5. The van der Waals surface area contributed by atoms with E-state index in [-0.39, 0.29) is 5.97 Å². The Morgan fingerprint density at radius 2 is 2.00 bits per heavy atom. The van der Waals surface area contributed by atoms with Crippen molar-refractivity contribution in [3.63, 3.8) is 0 Å². The van der Waals surface area contributed by atoms with Gasteiger partial charge in [-0.1, -0.05) is 30.3 Å². The highest BCUT2D eigenvalue weighted by Gasteiger charge is 2.17. The molecule has 6 nitrogen and oxygen atoms in total. The van der Waals surface area contributed by atoms with Gasteiger partial charge in [0.2, 0.25) is 0 Å². The number of rotatable bonds is 4. The van der Waals surface area contributed by atoms with E-state index in [0.29, 0.717) is 17.8 Å². The highest BCUT2D eigenvalue weighted by atomic mass is 16.5. The van der Waals surface area contributed by atoms with Crippen LogP contribution >= 0.6 is 0 Å². The van der Waals surface area contributed by atoms with Gasteiger partial charge in [-0.2, -0.15) is 0 Å². The molecule has 0 amide bonds. The van der Waals surface area contributed by atoms with Gasteiger partial charge in [0.1, 0.15) is 23.6 Å². The minimum absolute atomic E-state index is 0.344. The lowest BCUT2D eigenvalue weighted by molar-refractivity contribution is -0.145. The average Bonchev–Trinajstić information content (AvgIpc) is 2.91. The summed E-state index contributed by atoms with van der Waals surface area (Å²) in [6, 6.07) is 10.1. The van der Waals surface area contributed by atoms with Crippen molar-refractivity contribution in [3.05, 3.63) is 54.2 Å². The Morgan fingerprint density at radius 3 is 2.73 bits per heavy atom. The summed E-state index contributed by atoms with van der Waals surface area (Å²) >= 11 is 0. The first-order valence-corrected chi connectivity index (χ1v) is 7.02. The van der Waals surface area contributed by atoms with Gasteiger partial charge in [-0.3, -0.25) is 4.79 Å². The van der Waals surface area contributed by atoms with Crippen LogP contribution in [-0.4, -0.2) is 25.5 Å². The molecule has 0 N–H and O–H groups in total. The Hall–Kier alpha value is -2.76. The second-order valence-electron chi connectivity index (χ2n) is 5.04. The molecular weight excluding hydrogens is 280 g/mol. The van der Waals surface area contributed by atoms with Crippen molar-refractivity contribution >= 4 is 17.1 Å². The quantitative estimate of drug-likeness (QED) is 0.692. The molecule has 112 valence electrons. The van der Waals surface area contributed by atoms with Crippen LogP contribution in [0.15, 0.2) is 43.0 Å². The summed E-state index contributed by atoms with van der Waals surface area (Å²) in [5.74, 6) is -0.344. The molecule has 1 atom stereocenters. The molecule has 22 heavy (non-hydrogen) atoms. The number of nitrogens with zero attached hydrogens (tertiary/aromatic N) is 4. The molecule has 0 aliphatic heterocycles. The summed E-state index contributed by atoms with van der Waals surface area (Å²) in [6.45, 7) is 3.83. The monoisotopic (exact) mass is 296 g/mol. The molecule has 0 bridgehead atoms. The summed E-state index contributed by atoms with van der Waals surface area (Å²) in [6.07, 6.45) is 2.75. The summed E-state index contributed by atoms with van der Waals surface area (Å²) in [5.41, 5.74) is 3.17. The third-order valence-electron chi connectivity index (χ3n) is 3.35. The highest BCUT2D eigenvalue weighted by Crippen LogP contribution is 2.22. The lowest BCUT2D eigenvalue weighted by Gasteiger charge is -2.11. The molecule has 6 heteroatoms. The van der Waals surface area contributed by atoms with Gasteiger partial charge < -0.3 is 9.30 Å². The number of fused-ring (bicyclic) bond motifs is 1. The molecule has 0 radical (unpaired) electrons. The van der Waals surface area contributed by atoms with E-state index in [1.165, 1.54) is 13.3 Å². The predicted molar refractivity (Wildman–Crippen MR) is 81.0 cm³/mol. The maximum absolute atomic E-state index is 11.1. The van der Waals surface area contributed by atoms with Gasteiger partial charge in [0.05, 0.1) is 12.9 Å². The van der Waals surface area contributed by atoms with Crippen LogP contribution in [0.3, 0.4) is 0 Å². The van der Waals surface area contributed by atoms with Crippen molar-refractivity contribution < 1.29 is 9.53 Å². The molecule has 2 heterocycles. The number of aromatic nitrogens is 4. The third-order valence-corrected chi connectivity index (χ3v) is 3.35. The number of hydrogen-bond donors (Lipinski definition) is 0. The maximum atomic E-state index is 11.1. The SMILES string of the molecule is CC(=O)OC(C)c1ncnc2c1ncn2Cc1ccccc1. The third kappa shape index (κ3) is 2.81. The van der Waals surface area contributed by atoms with E-state index >= 15 is 0 Å². The van der Waals surface area contributed by atoms with Crippen LogP contribution in [0.2, 0.25) is 0 Å². The van der Waals surface area contributed by atoms with Gasteiger partial charge in [0.15, 0.2) is 5.65 Å². The number of benzene rings is 1. The van der Waals surface area contributed by atoms with Gasteiger partial charge in [-0.05, 0) is 12.5 Å². The van der Waals surface area contributed by atoms with Crippen molar-refractivity contribution in [1.82, 2.24) is 19.5 Å². The molecule has 0 saturated carbocycles. The molecule has 0 fully saturated rings. The van der Waals surface area contributed by atoms with Crippen LogP contribution in [0.5, 0.6) is 0 Å². The molecule has 0 aliphatic carbocycles. The number of carbonyl (C=O) groups excluding carboxylic acids is 1. The number of esters is 1. The van der Waals surface area contributed by atoms with E-state index in [0.717, 1.165) is 11.2 Å². The normalized spacial score (nSPS) is 12.3. The van der Waals surface area contributed by atoms with E-state index in [1.54, 1.807) is 13.3 Å². The van der Waals surface area contributed by atoms with Gasteiger partial charge in [0, 0.05) is 6.92 Å². The Kier molecular flexibility index (Phi) is 3.82. The van der Waals surface area contributed by atoms with Gasteiger partial charge in [0.25, 0.3) is 0 Å². The van der Waals surface area contributed by atoms with Gasteiger partial charge in [-0.15, -0.1) is 0 Å². The van der Waals surface area contributed by atoms with Gasteiger partial charge >= 0.3 is 5.97 Å². The number of ether oxygens (including phenoxy) is 1. The van der Waals surface area contributed by atoms with Crippen LogP contribution in [-0.2, 0) is 16.1 Å². The Morgan fingerprint density at radius 1 is 1.23 bits per heavy atom. The molecule has 3 rings (SSSR count). The first kappa shape index (κ1) is 14.2. The Bertz CT molecular complexity index is 798. The van der Waals surface area contributed by atoms with Crippen molar-refractivity contribution in [3.8, 4) is 0 Å². The van der Waals surface area contributed by atoms with E-state index < -0.39 is 6.10 Å². The van der Waals surface area contributed by atoms with E-state index in [9.17, 15) is 4.79 Å². The number of carbonyl (C=O) groups is 1. The van der Waals surface area contributed by atoms with E-state index in [1.807, 2.05) is 22.8 Å². The van der Waals surface area contributed by atoms with Crippen molar-refractivity contribution in [2.45, 2.75) is 26.5 Å². The van der Waals surface area contributed by atoms with Gasteiger partial charge in [-0.25, -0.2) is 15.0 Å². The van der Waals surface area contributed by atoms with Crippen molar-refractivity contribution in [2.75, 3.05) is 0 Å². The molecule has 1 aromatic carbocycles. The number of hydrogen-bond acceptors (Lipinski definition) is 5. The maximum Gasteiger partial charge on any atom is 0.303 e. The smallest absolute Gasteiger partial charge is 0.303 e. The first-order chi connectivity index (χ1) is 10.6. The lowest BCUT2D eigenvalue weighted by Crippen LogP contribution is -2.08. The molecule has 0 aliphatic rings. The Balaban J connectivity index is 1.96. The molecular formula is C16H16N4O2. The second-order valence-corrected chi connectivity index (χ2v) is 5.04. The molecule has 2 aromatic heterocycles. The van der Waals surface area contributed by atoms with E-state index in [4.69, 9.17) is 4.74 Å². The largest absolute Gasteiger partial charge is 0.456 e. The topological polar surface area (TPSA) is 69.9 Å². The fourth-order valence-electron chi connectivity index (χ4n) is 2.40.